The van der Waals surface area contributed by atoms with Gasteiger partial charge in [0.2, 0.25) is 0 Å². The average molecular weight is 291 g/mol. The summed E-state index contributed by atoms with van der Waals surface area (Å²) >= 11 is 3.53. The molecule has 0 bridgehead atoms. The van der Waals surface area contributed by atoms with E-state index in [1.807, 2.05) is 42.5 Å². The number of benzene rings is 2. The van der Waals surface area contributed by atoms with Crippen molar-refractivity contribution in [3.8, 4) is 0 Å². The zero-order valence-corrected chi connectivity index (χ0v) is 11.0. The van der Waals surface area contributed by atoms with E-state index in [2.05, 4.69) is 22.0 Å². The first-order valence-corrected chi connectivity index (χ1v) is 6.30. The minimum absolute atomic E-state index is 0.128. The Morgan fingerprint density at radius 3 is 2.53 bits per heavy atom. The molecule has 0 aliphatic rings. The molecule has 1 atom stereocenters. The largest absolute Gasteiger partial charge is 0.326 e. The second kappa shape index (κ2) is 5.45. The Bertz CT molecular complexity index is 511. The Hall–Kier alpha value is -1.16. The van der Waals surface area contributed by atoms with Crippen LogP contribution in [0, 0.1) is 0 Å². The van der Waals surface area contributed by atoms with Crippen LogP contribution < -0.4 is 11.5 Å². The third-order valence-electron chi connectivity index (χ3n) is 2.79. The molecule has 0 heterocycles. The predicted molar refractivity (Wildman–Crippen MR) is 74.5 cm³/mol. The highest BCUT2D eigenvalue weighted by atomic mass is 79.9. The van der Waals surface area contributed by atoms with Gasteiger partial charge in [-0.3, -0.25) is 0 Å². The molecule has 2 aromatic carbocycles. The molecule has 0 aliphatic heterocycles. The normalized spacial score (nSPS) is 12.4. The molecule has 0 amide bonds. The summed E-state index contributed by atoms with van der Waals surface area (Å²) in [6.07, 6.45) is 0. The van der Waals surface area contributed by atoms with Crippen LogP contribution in [0.3, 0.4) is 0 Å². The van der Waals surface area contributed by atoms with Gasteiger partial charge in [0.05, 0.1) is 6.04 Å². The SMILES string of the molecule is NCc1cccc(C(N)c2ccccc2Br)c1. The summed E-state index contributed by atoms with van der Waals surface area (Å²) in [4.78, 5) is 0. The maximum absolute atomic E-state index is 6.27. The molecule has 1 unspecified atom stereocenters. The zero-order chi connectivity index (χ0) is 12.3. The molecule has 88 valence electrons. The van der Waals surface area contributed by atoms with Crippen molar-refractivity contribution >= 4 is 15.9 Å². The summed E-state index contributed by atoms with van der Waals surface area (Å²) in [5.74, 6) is 0. The number of rotatable bonds is 3. The molecule has 2 aromatic rings. The summed E-state index contributed by atoms with van der Waals surface area (Å²) < 4.78 is 1.03. The summed E-state index contributed by atoms with van der Waals surface area (Å²) in [5.41, 5.74) is 15.2. The van der Waals surface area contributed by atoms with E-state index >= 15 is 0 Å². The molecular formula is C14H15BrN2. The average Bonchev–Trinajstić information content (AvgIpc) is 2.38. The van der Waals surface area contributed by atoms with Crippen LogP contribution in [0.2, 0.25) is 0 Å². The van der Waals surface area contributed by atoms with Crippen LogP contribution in [0.4, 0.5) is 0 Å². The molecule has 0 aromatic heterocycles. The summed E-state index contributed by atoms with van der Waals surface area (Å²) in [6.45, 7) is 0.538. The lowest BCUT2D eigenvalue weighted by molar-refractivity contribution is 0.861. The minimum atomic E-state index is -0.128. The Morgan fingerprint density at radius 2 is 1.82 bits per heavy atom. The molecule has 4 N–H and O–H groups in total. The fourth-order valence-corrected chi connectivity index (χ4v) is 2.35. The first-order valence-electron chi connectivity index (χ1n) is 5.51. The van der Waals surface area contributed by atoms with Gasteiger partial charge in [-0.1, -0.05) is 58.4 Å². The van der Waals surface area contributed by atoms with Gasteiger partial charge < -0.3 is 11.5 Å². The highest BCUT2D eigenvalue weighted by Crippen LogP contribution is 2.26. The van der Waals surface area contributed by atoms with Gasteiger partial charge >= 0.3 is 0 Å². The topological polar surface area (TPSA) is 52.0 Å². The molecule has 0 spiro atoms. The maximum Gasteiger partial charge on any atom is 0.0562 e. The van der Waals surface area contributed by atoms with Crippen molar-refractivity contribution in [2.24, 2.45) is 11.5 Å². The fraction of sp³-hybridized carbons (Fsp3) is 0.143. The quantitative estimate of drug-likeness (QED) is 0.913. The first-order chi connectivity index (χ1) is 8.22. The van der Waals surface area contributed by atoms with Crippen molar-refractivity contribution in [2.45, 2.75) is 12.6 Å². The fourth-order valence-electron chi connectivity index (χ4n) is 1.82. The molecule has 0 fully saturated rings. The van der Waals surface area contributed by atoms with E-state index in [1.54, 1.807) is 0 Å². The van der Waals surface area contributed by atoms with E-state index in [4.69, 9.17) is 11.5 Å². The summed E-state index contributed by atoms with van der Waals surface area (Å²) in [5, 5.41) is 0. The van der Waals surface area contributed by atoms with Gasteiger partial charge in [-0.15, -0.1) is 0 Å². The van der Waals surface area contributed by atoms with Crippen molar-refractivity contribution in [2.75, 3.05) is 0 Å². The Kier molecular flexibility index (Phi) is 3.94. The molecule has 0 saturated heterocycles. The lowest BCUT2D eigenvalue weighted by Gasteiger charge is -2.15. The lowest BCUT2D eigenvalue weighted by Crippen LogP contribution is -2.13. The summed E-state index contributed by atoms with van der Waals surface area (Å²) in [7, 11) is 0. The van der Waals surface area contributed by atoms with Crippen LogP contribution in [0.1, 0.15) is 22.7 Å². The van der Waals surface area contributed by atoms with Crippen LogP contribution in [-0.4, -0.2) is 0 Å². The molecule has 2 nitrogen and oxygen atoms in total. The van der Waals surface area contributed by atoms with Crippen molar-refractivity contribution < 1.29 is 0 Å². The number of nitrogens with two attached hydrogens (primary N) is 2. The standard InChI is InChI=1S/C14H15BrN2/c15-13-7-2-1-6-12(13)14(17)11-5-3-4-10(8-11)9-16/h1-8,14H,9,16-17H2. The van der Waals surface area contributed by atoms with Crippen LogP contribution in [0.25, 0.3) is 0 Å². The Labute approximate surface area is 110 Å². The van der Waals surface area contributed by atoms with E-state index in [1.165, 1.54) is 0 Å². The molecular weight excluding hydrogens is 276 g/mol. The maximum atomic E-state index is 6.27. The number of halogens is 1. The zero-order valence-electron chi connectivity index (χ0n) is 9.44. The molecule has 3 heteroatoms. The number of hydrogen-bond donors (Lipinski definition) is 2. The van der Waals surface area contributed by atoms with Gasteiger partial charge in [-0.05, 0) is 22.8 Å². The van der Waals surface area contributed by atoms with E-state index < -0.39 is 0 Å². The highest BCUT2D eigenvalue weighted by molar-refractivity contribution is 9.10. The second-order valence-electron chi connectivity index (χ2n) is 3.95. The monoisotopic (exact) mass is 290 g/mol. The van der Waals surface area contributed by atoms with Crippen molar-refractivity contribution in [3.63, 3.8) is 0 Å². The third-order valence-corrected chi connectivity index (χ3v) is 3.51. The molecule has 0 radical (unpaired) electrons. The second-order valence-corrected chi connectivity index (χ2v) is 4.80. The van der Waals surface area contributed by atoms with E-state index in [0.29, 0.717) is 6.54 Å². The Balaban J connectivity index is 2.37. The molecule has 0 saturated carbocycles. The molecule has 0 aliphatic carbocycles. The minimum Gasteiger partial charge on any atom is -0.326 e. The third kappa shape index (κ3) is 2.75. The van der Waals surface area contributed by atoms with Crippen LogP contribution in [0.15, 0.2) is 53.0 Å². The van der Waals surface area contributed by atoms with Crippen LogP contribution >= 0.6 is 15.9 Å². The number of hydrogen-bond acceptors (Lipinski definition) is 2. The van der Waals surface area contributed by atoms with E-state index in [9.17, 15) is 0 Å². The molecule has 17 heavy (non-hydrogen) atoms. The van der Waals surface area contributed by atoms with Crippen molar-refractivity contribution in [1.82, 2.24) is 0 Å². The highest BCUT2D eigenvalue weighted by Gasteiger charge is 2.11. The van der Waals surface area contributed by atoms with E-state index in [0.717, 1.165) is 21.2 Å². The molecule has 2 rings (SSSR count). The summed E-state index contributed by atoms with van der Waals surface area (Å²) in [6, 6.07) is 16.0. The van der Waals surface area contributed by atoms with Gasteiger partial charge in [-0.25, -0.2) is 0 Å². The Morgan fingerprint density at radius 1 is 1.06 bits per heavy atom. The van der Waals surface area contributed by atoms with Crippen LogP contribution in [0.5, 0.6) is 0 Å². The van der Waals surface area contributed by atoms with Gasteiger partial charge in [0.25, 0.3) is 0 Å². The first kappa shape index (κ1) is 12.3. The van der Waals surface area contributed by atoms with Gasteiger partial charge in [0, 0.05) is 11.0 Å². The van der Waals surface area contributed by atoms with Gasteiger partial charge in [-0.2, -0.15) is 0 Å². The van der Waals surface area contributed by atoms with Gasteiger partial charge in [0.15, 0.2) is 0 Å². The van der Waals surface area contributed by atoms with E-state index in [-0.39, 0.29) is 6.04 Å². The predicted octanol–water partition coefficient (Wildman–Crippen LogP) is 2.96. The smallest absolute Gasteiger partial charge is 0.0562 e. The lowest BCUT2D eigenvalue weighted by atomic mass is 9.98. The van der Waals surface area contributed by atoms with Gasteiger partial charge in [0.1, 0.15) is 0 Å². The van der Waals surface area contributed by atoms with Crippen LogP contribution in [-0.2, 0) is 6.54 Å². The van der Waals surface area contributed by atoms with Crippen molar-refractivity contribution in [1.29, 1.82) is 0 Å². The van der Waals surface area contributed by atoms with Crippen molar-refractivity contribution in [3.05, 3.63) is 69.7 Å².